The standard InChI is InChI=1S/C9H7Cl2NO/c10-6-2-1-3-7-4-5-8(13)9(11)12-7/h4-5,13H,2,6H2. The Hall–Kier alpha value is -0.910. The molecule has 1 aromatic heterocycles. The zero-order valence-electron chi connectivity index (χ0n) is 6.72. The highest BCUT2D eigenvalue weighted by molar-refractivity contribution is 6.30. The van der Waals surface area contributed by atoms with E-state index in [4.69, 9.17) is 28.3 Å². The molecule has 1 rings (SSSR count). The Balaban J connectivity index is 2.81. The Morgan fingerprint density at radius 3 is 2.85 bits per heavy atom. The summed E-state index contributed by atoms with van der Waals surface area (Å²) < 4.78 is 0. The lowest BCUT2D eigenvalue weighted by molar-refractivity contribution is 0.473. The van der Waals surface area contributed by atoms with E-state index in [1.807, 2.05) is 0 Å². The van der Waals surface area contributed by atoms with E-state index in [1.54, 1.807) is 6.07 Å². The smallest absolute Gasteiger partial charge is 0.172 e. The molecule has 0 bridgehead atoms. The molecule has 0 spiro atoms. The largest absolute Gasteiger partial charge is 0.505 e. The molecule has 1 aromatic rings. The molecule has 0 saturated heterocycles. The lowest BCUT2D eigenvalue weighted by Gasteiger charge is -1.94. The van der Waals surface area contributed by atoms with Gasteiger partial charge in [0, 0.05) is 12.3 Å². The molecule has 0 fully saturated rings. The molecule has 13 heavy (non-hydrogen) atoms. The van der Waals surface area contributed by atoms with Gasteiger partial charge in [-0.3, -0.25) is 0 Å². The molecule has 0 aliphatic carbocycles. The second-order valence-corrected chi connectivity index (χ2v) is 2.98. The Bertz CT molecular complexity index is 354. The minimum Gasteiger partial charge on any atom is -0.505 e. The van der Waals surface area contributed by atoms with Crippen LogP contribution in [-0.2, 0) is 0 Å². The monoisotopic (exact) mass is 215 g/mol. The third-order valence-electron chi connectivity index (χ3n) is 1.26. The van der Waals surface area contributed by atoms with E-state index in [9.17, 15) is 0 Å². The predicted molar refractivity (Wildman–Crippen MR) is 53.1 cm³/mol. The van der Waals surface area contributed by atoms with Crippen molar-refractivity contribution in [2.75, 3.05) is 5.88 Å². The zero-order valence-corrected chi connectivity index (χ0v) is 8.23. The fourth-order valence-corrected chi connectivity index (χ4v) is 0.945. The molecule has 0 radical (unpaired) electrons. The summed E-state index contributed by atoms with van der Waals surface area (Å²) in [6.45, 7) is 0. The molecule has 0 amide bonds. The first-order valence-corrected chi connectivity index (χ1v) is 4.55. The number of halogens is 2. The SMILES string of the molecule is Oc1ccc(C#CCCCl)nc1Cl. The van der Waals surface area contributed by atoms with Crippen LogP contribution in [0.4, 0.5) is 0 Å². The first-order chi connectivity index (χ1) is 6.24. The number of hydrogen-bond acceptors (Lipinski definition) is 2. The molecule has 0 saturated carbocycles. The van der Waals surface area contributed by atoms with E-state index < -0.39 is 0 Å². The summed E-state index contributed by atoms with van der Waals surface area (Å²) in [6, 6.07) is 3.06. The van der Waals surface area contributed by atoms with Gasteiger partial charge in [0.25, 0.3) is 0 Å². The molecule has 1 N–H and O–H groups in total. The third kappa shape index (κ3) is 3.14. The third-order valence-corrected chi connectivity index (χ3v) is 1.73. The van der Waals surface area contributed by atoms with Crippen molar-refractivity contribution in [3.05, 3.63) is 23.0 Å². The van der Waals surface area contributed by atoms with Crippen LogP contribution < -0.4 is 0 Å². The molecule has 0 aromatic carbocycles. The van der Waals surface area contributed by atoms with Crippen LogP contribution in [0.3, 0.4) is 0 Å². The quantitative estimate of drug-likeness (QED) is 0.444. The fourth-order valence-electron chi connectivity index (χ4n) is 0.697. The molecule has 2 nitrogen and oxygen atoms in total. The van der Waals surface area contributed by atoms with Gasteiger partial charge < -0.3 is 5.11 Å². The summed E-state index contributed by atoms with van der Waals surface area (Å²) in [7, 11) is 0. The molecule has 0 aliphatic rings. The van der Waals surface area contributed by atoms with Gasteiger partial charge in [-0.1, -0.05) is 17.5 Å². The Morgan fingerprint density at radius 2 is 2.23 bits per heavy atom. The van der Waals surface area contributed by atoms with Crippen LogP contribution in [0.15, 0.2) is 12.1 Å². The van der Waals surface area contributed by atoms with Crippen molar-refractivity contribution in [2.24, 2.45) is 0 Å². The van der Waals surface area contributed by atoms with Crippen LogP contribution in [0.5, 0.6) is 5.75 Å². The second kappa shape index (κ2) is 4.96. The van der Waals surface area contributed by atoms with Crippen LogP contribution >= 0.6 is 23.2 Å². The van der Waals surface area contributed by atoms with E-state index in [0.717, 1.165) is 0 Å². The van der Waals surface area contributed by atoms with Crippen molar-refractivity contribution in [1.29, 1.82) is 0 Å². The van der Waals surface area contributed by atoms with Gasteiger partial charge in [-0.05, 0) is 18.1 Å². The number of pyridine rings is 1. The topological polar surface area (TPSA) is 33.1 Å². The Morgan fingerprint density at radius 1 is 1.46 bits per heavy atom. The molecule has 0 atom stereocenters. The zero-order chi connectivity index (χ0) is 9.68. The highest BCUT2D eigenvalue weighted by atomic mass is 35.5. The van der Waals surface area contributed by atoms with Gasteiger partial charge in [0.15, 0.2) is 10.9 Å². The minimum atomic E-state index is -0.0374. The summed E-state index contributed by atoms with van der Waals surface area (Å²) in [5.41, 5.74) is 0.535. The average Bonchev–Trinajstić information content (AvgIpc) is 2.12. The average molecular weight is 216 g/mol. The lowest BCUT2D eigenvalue weighted by atomic mass is 10.3. The van der Waals surface area contributed by atoms with Crippen molar-refractivity contribution >= 4 is 23.2 Å². The minimum absolute atomic E-state index is 0.0374. The first kappa shape index (κ1) is 10.2. The fraction of sp³-hybridized carbons (Fsp3) is 0.222. The molecule has 68 valence electrons. The highest BCUT2D eigenvalue weighted by Gasteiger charge is 1.98. The summed E-state index contributed by atoms with van der Waals surface area (Å²) in [4.78, 5) is 3.84. The van der Waals surface area contributed by atoms with Crippen molar-refractivity contribution in [2.45, 2.75) is 6.42 Å². The maximum atomic E-state index is 9.05. The van der Waals surface area contributed by atoms with Gasteiger partial charge in [-0.2, -0.15) is 0 Å². The molecular formula is C9H7Cl2NO. The van der Waals surface area contributed by atoms with E-state index in [0.29, 0.717) is 18.0 Å². The lowest BCUT2D eigenvalue weighted by Crippen LogP contribution is -1.82. The van der Waals surface area contributed by atoms with Crippen molar-refractivity contribution in [3.8, 4) is 17.6 Å². The second-order valence-electron chi connectivity index (χ2n) is 2.25. The van der Waals surface area contributed by atoms with Crippen LogP contribution in [0.2, 0.25) is 5.15 Å². The van der Waals surface area contributed by atoms with Gasteiger partial charge in [-0.25, -0.2) is 4.98 Å². The Labute approximate surface area is 86.5 Å². The number of aromatic hydroxyl groups is 1. The van der Waals surface area contributed by atoms with Crippen LogP contribution in [0.1, 0.15) is 12.1 Å². The number of aromatic nitrogens is 1. The number of hydrogen-bond donors (Lipinski definition) is 1. The summed E-state index contributed by atoms with van der Waals surface area (Å²) in [6.07, 6.45) is 0.613. The van der Waals surface area contributed by atoms with Crippen molar-refractivity contribution in [1.82, 2.24) is 4.98 Å². The van der Waals surface area contributed by atoms with Gasteiger partial charge in [0.05, 0.1) is 0 Å². The van der Waals surface area contributed by atoms with Crippen LogP contribution in [0.25, 0.3) is 0 Å². The van der Waals surface area contributed by atoms with Crippen LogP contribution in [-0.4, -0.2) is 16.0 Å². The van der Waals surface area contributed by atoms with Crippen molar-refractivity contribution < 1.29 is 5.11 Å². The maximum absolute atomic E-state index is 9.05. The number of rotatable bonds is 1. The summed E-state index contributed by atoms with van der Waals surface area (Å²) >= 11 is 11.0. The van der Waals surface area contributed by atoms with Gasteiger partial charge in [-0.15, -0.1) is 11.6 Å². The van der Waals surface area contributed by atoms with Crippen LogP contribution in [0, 0.1) is 11.8 Å². The molecular weight excluding hydrogens is 209 g/mol. The highest BCUT2D eigenvalue weighted by Crippen LogP contribution is 2.19. The summed E-state index contributed by atoms with van der Waals surface area (Å²) in [5.74, 6) is 6.05. The van der Waals surface area contributed by atoms with E-state index in [-0.39, 0.29) is 10.9 Å². The number of nitrogens with zero attached hydrogens (tertiary/aromatic N) is 1. The van der Waals surface area contributed by atoms with E-state index in [1.165, 1.54) is 6.07 Å². The first-order valence-electron chi connectivity index (χ1n) is 3.64. The van der Waals surface area contributed by atoms with Crippen molar-refractivity contribution in [3.63, 3.8) is 0 Å². The molecule has 0 aliphatic heterocycles. The van der Waals surface area contributed by atoms with Gasteiger partial charge >= 0.3 is 0 Å². The van der Waals surface area contributed by atoms with E-state index >= 15 is 0 Å². The van der Waals surface area contributed by atoms with Gasteiger partial charge in [0.2, 0.25) is 0 Å². The maximum Gasteiger partial charge on any atom is 0.172 e. The normalized spacial score (nSPS) is 9.08. The summed E-state index contributed by atoms with van der Waals surface area (Å²) in [5, 5.41) is 9.12. The Kier molecular flexibility index (Phi) is 3.88. The molecule has 1 heterocycles. The predicted octanol–water partition coefficient (Wildman–Crippen LogP) is 2.42. The molecule has 0 unspecified atom stereocenters. The number of alkyl halides is 1. The van der Waals surface area contributed by atoms with E-state index in [2.05, 4.69) is 16.8 Å². The molecule has 4 heteroatoms. The van der Waals surface area contributed by atoms with Gasteiger partial charge in [0.1, 0.15) is 5.69 Å².